The molecule has 4 saturated carbocycles. The highest BCUT2D eigenvalue weighted by Crippen LogP contribution is 2.60. The van der Waals surface area contributed by atoms with Crippen LogP contribution in [0.2, 0.25) is 0 Å². The smallest absolute Gasteiger partial charge is 0.254 e. The number of carbonyl (C=O) groups is 2. The Kier molecular flexibility index (Phi) is 5.99. The Hall–Kier alpha value is -1.44. The molecule has 2 N–H and O–H groups in total. The van der Waals surface area contributed by atoms with Crippen molar-refractivity contribution in [2.45, 2.75) is 64.2 Å². The minimum atomic E-state index is -0.191. The van der Waals surface area contributed by atoms with Gasteiger partial charge in [0.15, 0.2) is 0 Å². The predicted molar refractivity (Wildman–Crippen MR) is 130 cm³/mol. The van der Waals surface area contributed by atoms with E-state index >= 15 is 0 Å². The van der Waals surface area contributed by atoms with Crippen LogP contribution >= 0.6 is 11.3 Å². The van der Waals surface area contributed by atoms with Gasteiger partial charge in [-0.3, -0.25) is 14.5 Å². The third kappa shape index (κ3) is 4.25. The standard InChI is InChI=1S/C26H37N3O3S/c30-23(27-5-6-29-7-9-32-10-8-29)22-20-3-1-2-4-21(20)33-24(22)28-25(31)26-14-17-11-18(15-26)13-19(12-17)16-26/h17-19H,1-16H2,(H,27,30)(H,28,31). The summed E-state index contributed by atoms with van der Waals surface area (Å²) in [5, 5.41) is 7.31. The lowest BCUT2D eigenvalue weighted by Crippen LogP contribution is -2.51. The molecular formula is C26H37N3O3S. The quantitative estimate of drug-likeness (QED) is 0.661. The zero-order valence-corrected chi connectivity index (χ0v) is 20.4. The lowest BCUT2D eigenvalue weighted by molar-refractivity contribution is -0.140. The molecule has 5 aliphatic carbocycles. The van der Waals surface area contributed by atoms with Gasteiger partial charge in [0.1, 0.15) is 5.00 Å². The maximum absolute atomic E-state index is 13.7. The van der Waals surface area contributed by atoms with E-state index in [0.717, 1.165) is 99.7 Å². The van der Waals surface area contributed by atoms with Gasteiger partial charge >= 0.3 is 0 Å². The summed E-state index contributed by atoms with van der Waals surface area (Å²) < 4.78 is 5.42. The lowest BCUT2D eigenvalue weighted by Gasteiger charge is -2.55. The number of amides is 2. The predicted octanol–water partition coefficient (Wildman–Crippen LogP) is 3.84. The number of fused-ring (bicyclic) bond motifs is 1. The van der Waals surface area contributed by atoms with Gasteiger partial charge in [0, 0.05) is 31.1 Å². The highest BCUT2D eigenvalue weighted by molar-refractivity contribution is 7.17. The first-order chi connectivity index (χ1) is 16.1. The van der Waals surface area contributed by atoms with Crippen LogP contribution in [0.15, 0.2) is 0 Å². The molecule has 0 unspecified atom stereocenters. The fourth-order valence-corrected chi connectivity index (χ4v) is 9.04. The Labute approximate surface area is 200 Å². The summed E-state index contributed by atoms with van der Waals surface area (Å²) in [4.78, 5) is 30.7. The molecule has 1 aromatic rings. The summed E-state index contributed by atoms with van der Waals surface area (Å²) >= 11 is 1.66. The SMILES string of the molecule is O=C(NCCN1CCOCC1)c1c(NC(=O)C23CC4CC(CC(C4)C2)C3)sc2c1CCCC2. The van der Waals surface area contributed by atoms with Gasteiger partial charge in [-0.05, 0) is 87.5 Å². The van der Waals surface area contributed by atoms with E-state index < -0.39 is 0 Å². The molecular weight excluding hydrogens is 434 g/mol. The maximum atomic E-state index is 13.7. The van der Waals surface area contributed by atoms with Crippen LogP contribution in [0.3, 0.4) is 0 Å². The molecule has 7 rings (SSSR count). The van der Waals surface area contributed by atoms with Crippen molar-refractivity contribution in [3.05, 3.63) is 16.0 Å². The summed E-state index contributed by atoms with van der Waals surface area (Å²) in [5.74, 6) is 2.40. The molecule has 1 saturated heterocycles. The molecule has 6 aliphatic rings. The van der Waals surface area contributed by atoms with Crippen molar-refractivity contribution in [1.29, 1.82) is 0 Å². The number of hydrogen-bond donors (Lipinski definition) is 2. The molecule has 0 atom stereocenters. The second kappa shape index (κ2) is 8.97. The first kappa shape index (κ1) is 22.1. The second-order valence-electron chi connectivity index (χ2n) is 11.3. The Balaban J connectivity index is 1.18. The minimum absolute atomic E-state index is 0.0107. The number of carbonyl (C=O) groups excluding carboxylic acids is 2. The van der Waals surface area contributed by atoms with Crippen LogP contribution < -0.4 is 10.6 Å². The summed E-state index contributed by atoms with van der Waals surface area (Å²) in [6.45, 7) is 4.87. The number of ether oxygens (including phenoxy) is 1. The Morgan fingerprint density at radius 3 is 2.36 bits per heavy atom. The van der Waals surface area contributed by atoms with Crippen molar-refractivity contribution in [3.8, 4) is 0 Å². The summed E-state index contributed by atoms with van der Waals surface area (Å²) in [5.41, 5.74) is 1.76. The van der Waals surface area contributed by atoms with E-state index in [4.69, 9.17) is 4.74 Å². The number of anilines is 1. The molecule has 0 radical (unpaired) electrons. The van der Waals surface area contributed by atoms with Crippen molar-refractivity contribution < 1.29 is 14.3 Å². The zero-order chi connectivity index (χ0) is 22.4. The first-order valence-corrected chi connectivity index (χ1v) is 14.0. The van der Waals surface area contributed by atoms with E-state index in [1.54, 1.807) is 11.3 Å². The van der Waals surface area contributed by atoms with Crippen molar-refractivity contribution in [3.63, 3.8) is 0 Å². The van der Waals surface area contributed by atoms with E-state index in [0.29, 0.717) is 6.54 Å². The molecule has 7 heteroatoms. The average Bonchev–Trinajstić information content (AvgIpc) is 3.17. The fraction of sp³-hybridized carbons (Fsp3) is 0.769. The van der Waals surface area contributed by atoms with Gasteiger partial charge in [-0.1, -0.05) is 0 Å². The van der Waals surface area contributed by atoms with Crippen LogP contribution in [-0.2, 0) is 22.4 Å². The van der Waals surface area contributed by atoms with Gasteiger partial charge in [-0.25, -0.2) is 0 Å². The minimum Gasteiger partial charge on any atom is -0.379 e. The zero-order valence-electron chi connectivity index (χ0n) is 19.6. The number of hydrogen-bond acceptors (Lipinski definition) is 5. The van der Waals surface area contributed by atoms with Crippen LogP contribution in [0, 0.1) is 23.2 Å². The maximum Gasteiger partial charge on any atom is 0.254 e. The summed E-state index contributed by atoms with van der Waals surface area (Å²) in [6, 6.07) is 0. The van der Waals surface area contributed by atoms with Crippen LogP contribution in [0.5, 0.6) is 0 Å². The van der Waals surface area contributed by atoms with E-state index in [1.165, 1.54) is 36.1 Å². The number of nitrogens with one attached hydrogen (secondary N) is 2. The number of thiophene rings is 1. The lowest BCUT2D eigenvalue weighted by atomic mass is 9.49. The molecule has 5 fully saturated rings. The molecule has 6 nitrogen and oxygen atoms in total. The van der Waals surface area contributed by atoms with E-state index in [1.807, 2.05) is 0 Å². The third-order valence-corrected chi connectivity index (χ3v) is 10.2. The highest BCUT2D eigenvalue weighted by Gasteiger charge is 2.54. The van der Waals surface area contributed by atoms with Gasteiger partial charge < -0.3 is 15.4 Å². The number of nitrogens with zero attached hydrogens (tertiary/aromatic N) is 1. The Morgan fingerprint density at radius 2 is 1.67 bits per heavy atom. The van der Waals surface area contributed by atoms with Crippen LogP contribution in [0.1, 0.15) is 72.2 Å². The van der Waals surface area contributed by atoms with Gasteiger partial charge in [0.25, 0.3) is 5.91 Å². The second-order valence-corrected chi connectivity index (χ2v) is 12.4. The van der Waals surface area contributed by atoms with Crippen molar-refractivity contribution in [1.82, 2.24) is 10.2 Å². The molecule has 0 aromatic carbocycles. The molecule has 1 aromatic heterocycles. The van der Waals surface area contributed by atoms with Gasteiger partial charge in [-0.15, -0.1) is 11.3 Å². The summed E-state index contributed by atoms with van der Waals surface area (Å²) in [6.07, 6.45) is 11.4. The van der Waals surface area contributed by atoms with Gasteiger partial charge in [-0.2, -0.15) is 0 Å². The van der Waals surface area contributed by atoms with Crippen molar-refractivity contribution in [2.75, 3.05) is 44.7 Å². The van der Waals surface area contributed by atoms with Crippen molar-refractivity contribution >= 4 is 28.2 Å². The van der Waals surface area contributed by atoms with Crippen LogP contribution in [0.25, 0.3) is 0 Å². The van der Waals surface area contributed by atoms with Gasteiger partial charge in [0.2, 0.25) is 5.91 Å². The molecule has 1 aliphatic heterocycles. The fourth-order valence-electron chi connectivity index (χ4n) is 7.76. The van der Waals surface area contributed by atoms with Gasteiger partial charge in [0.05, 0.1) is 24.2 Å². The molecule has 180 valence electrons. The Bertz CT molecular complexity index is 885. The third-order valence-electron chi connectivity index (χ3n) is 8.96. The topological polar surface area (TPSA) is 70.7 Å². The normalized spacial score (nSPS) is 33.0. The molecule has 0 spiro atoms. The largest absolute Gasteiger partial charge is 0.379 e. The van der Waals surface area contributed by atoms with Crippen molar-refractivity contribution in [2.24, 2.45) is 23.2 Å². The van der Waals surface area contributed by atoms with E-state index in [-0.39, 0.29) is 17.2 Å². The molecule has 2 heterocycles. The van der Waals surface area contributed by atoms with E-state index in [2.05, 4.69) is 15.5 Å². The molecule has 2 amide bonds. The van der Waals surface area contributed by atoms with Crippen LogP contribution in [0.4, 0.5) is 5.00 Å². The number of aryl methyl sites for hydroxylation is 1. The monoisotopic (exact) mass is 471 g/mol. The number of morpholine rings is 1. The first-order valence-electron chi connectivity index (χ1n) is 13.1. The van der Waals surface area contributed by atoms with Crippen LogP contribution in [-0.4, -0.2) is 56.1 Å². The number of rotatable bonds is 6. The average molecular weight is 472 g/mol. The van der Waals surface area contributed by atoms with E-state index in [9.17, 15) is 9.59 Å². The molecule has 33 heavy (non-hydrogen) atoms. The summed E-state index contributed by atoms with van der Waals surface area (Å²) in [7, 11) is 0. The Morgan fingerprint density at radius 1 is 1.00 bits per heavy atom. The molecule has 4 bridgehead atoms. The highest BCUT2D eigenvalue weighted by atomic mass is 32.1.